The third-order valence-electron chi connectivity index (χ3n) is 3.95. The van der Waals surface area contributed by atoms with Gasteiger partial charge in [0.25, 0.3) is 5.69 Å². The Balaban J connectivity index is 1.98. The van der Waals surface area contributed by atoms with Crippen molar-refractivity contribution in [2.75, 3.05) is 0 Å². The quantitative estimate of drug-likeness (QED) is 0.674. The van der Waals surface area contributed by atoms with Crippen LogP contribution in [0.2, 0.25) is 0 Å². The van der Waals surface area contributed by atoms with Gasteiger partial charge in [0.1, 0.15) is 5.82 Å². The van der Waals surface area contributed by atoms with Crippen LogP contribution in [0.3, 0.4) is 0 Å². The van der Waals surface area contributed by atoms with E-state index >= 15 is 0 Å². The summed E-state index contributed by atoms with van der Waals surface area (Å²) in [6.45, 7) is 4.99. The molecule has 0 saturated heterocycles. The van der Waals surface area contributed by atoms with E-state index in [1.807, 2.05) is 0 Å². The third kappa shape index (κ3) is 4.00. The van der Waals surface area contributed by atoms with E-state index in [9.17, 15) is 14.5 Å². The van der Waals surface area contributed by atoms with E-state index in [1.165, 1.54) is 25.0 Å². The van der Waals surface area contributed by atoms with Crippen LogP contribution in [0.5, 0.6) is 0 Å². The first-order chi connectivity index (χ1) is 9.35. The lowest BCUT2D eigenvalue weighted by Gasteiger charge is -2.35. The van der Waals surface area contributed by atoms with E-state index in [0.29, 0.717) is 23.6 Å². The average molecular weight is 280 g/mol. The Morgan fingerprint density at radius 2 is 2.20 bits per heavy atom. The standard InChI is InChI=1S/C15H21FN2O2/c1-15(2)5-3-4-13(9-15)17-10-11-6-12(16)8-14(7-11)18(19)20/h6-8,13,17H,3-5,9-10H2,1-2H3. The zero-order valence-corrected chi connectivity index (χ0v) is 12.0. The maximum atomic E-state index is 13.3. The van der Waals surface area contributed by atoms with Gasteiger partial charge in [0.15, 0.2) is 0 Å². The molecule has 4 nitrogen and oxygen atoms in total. The smallest absolute Gasteiger partial charge is 0.272 e. The van der Waals surface area contributed by atoms with Crippen LogP contribution < -0.4 is 5.32 Å². The van der Waals surface area contributed by atoms with Crippen molar-refractivity contribution in [2.45, 2.75) is 52.1 Å². The van der Waals surface area contributed by atoms with Crippen LogP contribution in [0.25, 0.3) is 0 Å². The Kier molecular flexibility index (Phi) is 4.38. The van der Waals surface area contributed by atoms with Gasteiger partial charge in [0.2, 0.25) is 0 Å². The Morgan fingerprint density at radius 3 is 2.85 bits per heavy atom. The highest BCUT2D eigenvalue weighted by Crippen LogP contribution is 2.35. The number of rotatable bonds is 4. The highest BCUT2D eigenvalue weighted by molar-refractivity contribution is 5.35. The molecule has 1 aromatic rings. The zero-order valence-electron chi connectivity index (χ0n) is 12.0. The summed E-state index contributed by atoms with van der Waals surface area (Å²) < 4.78 is 13.3. The lowest BCUT2D eigenvalue weighted by atomic mass is 9.75. The molecule has 110 valence electrons. The van der Waals surface area contributed by atoms with Crippen LogP contribution in [0.4, 0.5) is 10.1 Å². The van der Waals surface area contributed by atoms with Gasteiger partial charge in [-0.2, -0.15) is 0 Å². The van der Waals surface area contributed by atoms with Crippen molar-refractivity contribution >= 4 is 5.69 Å². The molecule has 0 bridgehead atoms. The second-order valence-electron chi connectivity index (χ2n) is 6.41. The Morgan fingerprint density at radius 1 is 1.45 bits per heavy atom. The van der Waals surface area contributed by atoms with E-state index in [1.54, 1.807) is 0 Å². The first kappa shape index (κ1) is 14.9. The van der Waals surface area contributed by atoms with Gasteiger partial charge in [-0.05, 0) is 36.3 Å². The summed E-state index contributed by atoms with van der Waals surface area (Å²) in [5.41, 5.74) is 0.773. The molecule has 1 aliphatic rings. The predicted molar refractivity (Wildman–Crippen MR) is 75.9 cm³/mol. The van der Waals surface area contributed by atoms with Gasteiger partial charge < -0.3 is 5.32 Å². The largest absolute Gasteiger partial charge is 0.310 e. The highest BCUT2D eigenvalue weighted by atomic mass is 19.1. The molecule has 0 aliphatic heterocycles. The number of benzene rings is 1. The van der Waals surface area contributed by atoms with Gasteiger partial charge in [0.05, 0.1) is 11.0 Å². The summed E-state index contributed by atoms with van der Waals surface area (Å²) in [6.07, 6.45) is 4.62. The van der Waals surface area contributed by atoms with Crippen LogP contribution in [-0.4, -0.2) is 11.0 Å². The first-order valence-electron chi connectivity index (χ1n) is 7.03. The molecule has 20 heavy (non-hydrogen) atoms. The van der Waals surface area contributed by atoms with E-state index in [-0.39, 0.29) is 5.69 Å². The van der Waals surface area contributed by atoms with Crippen LogP contribution in [0, 0.1) is 21.3 Å². The first-order valence-corrected chi connectivity index (χ1v) is 7.03. The van der Waals surface area contributed by atoms with Crippen molar-refractivity contribution in [3.05, 3.63) is 39.7 Å². The fourth-order valence-corrected chi connectivity index (χ4v) is 2.98. The zero-order chi connectivity index (χ0) is 14.8. The van der Waals surface area contributed by atoms with E-state index < -0.39 is 10.7 Å². The highest BCUT2D eigenvalue weighted by Gasteiger charge is 2.27. The number of nitro benzene ring substituents is 1. The number of nitrogens with one attached hydrogen (secondary N) is 1. The molecular weight excluding hydrogens is 259 g/mol. The normalized spacial score (nSPS) is 21.6. The average Bonchev–Trinajstić information content (AvgIpc) is 2.34. The molecular formula is C15H21FN2O2. The van der Waals surface area contributed by atoms with E-state index in [0.717, 1.165) is 18.9 Å². The third-order valence-corrected chi connectivity index (χ3v) is 3.95. The van der Waals surface area contributed by atoms with Crippen LogP contribution in [-0.2, 0) is 6.54 Å². The number of hydrogen-bond acceptors (Lipinski definition) is 3. The molecule has 0 heterocycles. The van der Waals surface area contributed by atoms with Crippen molar-refractivity contribution in [1.29, 1.82) is 0 Å². The minimum atomic E-state index is -0.559. The lowest BCUT2D eigenvalue weighted by molar-refractivity contribution is -0.385. The minimum absolute atomic E-state index is 0.189. The Bertz CT molecular complexity index is 503. The summed E-state index contributed by atoms with van der Waals surface area (Å²) in [5.74, 6) is -0.556. The van der Waals surface area contributed by atoms with Gasteiger partial charge in [-0.1, -0.05) is 20.3 Å². The summed E-state index contributed by atoms with van der Waals surface area (Å²) in [5, 5.41) is 14.1. The summed E-state index contributed by atoms with van der Waals surface area (Å²) >= 11 is 0. The molecule has 1 N–H and O–H groups in total. The van der Waals surface area contributed by atoms with Crippen molar-refractivity contribution in [3.63, 3.8) is 0 Å². The molecule has 0 spiro atoms. The molecule has 1 aromatic carbocycles. The Hall–Kier alpha value is -1.49. The summed E-state index contributed by atoms with van der Waals surface area (Å²) in [4.78, 5) is 10.2. The van der Waals surface area contributed by atoms with Crippen LogP contribution in [0.15, 0.2) is 18.2 Å². The van der Waals surface area contributed by atoms with Crippen molar-refractivity contribution in [3.8, 4) is 0 Å². The maximum Gasteiger partial charge on any atom is 0.272 e. The van der Waals surface area contributed by atoms with Crippen LogP contribution in [0.1, 0.15) is 45.1 Å². The molecule has 5 heteroatoms. The van der Waals surface area contributed by atoms with Crippen molar-refractivity contribution in [1.82, 2.24) is 5.32 Å². The van der Waals surface area contributed by atoms with Gasteiger partial charge in [-0.3, -0.25) is 10.1 Å². The number of halogens is 1. The minimum Gasteiger partial charge on any atom is -0.310 e. The molecule has 0 amide bonds. The molecule has 2 rings (SSSR count). The monoisotopic (exact) mass is 280 g/mol. The van der Waals surface area contributed by atoms with Gasteiger partial charge in [-0.25, -0.2) is 4.39 Å². The summed E-state index contributed by atoms with van der Waals surface area (Å²) in [7, 11) is 0. The van der Waals surface area contributed by atoms with Gasteiger partial charge in [-0.15, -0.1) is 0 Å². The second kappa shape index (κ2) is 5.87. The second-order valence-corrected chi connectivity index (χ2v) is 6.41. The predicted octanol–water partition coefficient (Wildman–Crippen LogP) is 3.79. The fraction of sp³-hybridized carbons (Fsp3) is 0.600. The molecule has 1 unspecified atom stereocenters. The molecule has 1 saturated carbocycles. The number of non-ortho nitro benzene ring substituents is 1. The van der Waals surface area contributed by atoms with Crippen LogP contribution >= 0.6 is 0 Å². The van der Waals surface area contributed by atoms with E-state index in [4.69, 9.17) is 0 Å². The van der Waals surface area contributed by atoms with Crippen molar-refractivity contribution in [2.24, 2.45) is 5.41 Å². The fourth-order valence-electron chi connectivity index (χ4n) is 2.98. The van der Waals surface area contributed by atoms with Gasteiger partial charge in [0, 0.05) is 18.7 Å². The topological polar surface area (TPSA) is 55.2 Å². The number of nitro groups is 1. The molecule has 1 fully saturated rings. The number of hydrogen-bond donors (Lipinski definition) is 1. The summed E-state index contributed by atoms with van der Waals surface area (Å²) in [6, 6.07) is 4.15. The number of nitrogens with zero attached hydrogens (tertiary/aromatic N) is 1. The van der Waals surface area contributed by atoms with E-state index in [2.05, 4.69) is 19.2 Å². The molecule has 0 aromatic heterocycles. The SMILES string of the molecule is CC1(C)CCCC(NCc2cc(F)cc([N+](=O)[O-])c2)C1. The molecule has 1 atom stereocenters. The lowest BCUT2D eigenvalue weighted by Crippen LogP contribution is -2.36. The molecule has 1 aliphatic carbocycles. The maximum absolute atomic E-state index is 13.3. The Labute approximate surface area is 118 Å². The van der Waals surface area contributed by atoms with Gasteiger partial charge >= 0.3 is 0 Å². The van der Waals surface area contributed by atoms with Crippen molar-refractivity contribution < 1.29 is 9.31 Å². The molecule has 0 radical (unpaired) electrons.